The molecule has 1 aromatic rings. The SMILES string of the molecule is CNc1ccccc1CNCCCN1CCOCC1. The van der Waals surface area contributed by atoms with Crippen molar-refractivity contribution < 1.29 is 4.74 Å². The number of nitrogens with one attached hydrogen (secondary N) is 2. The highest BCUT2D eigenvalue weighted by molar-refractivity contribution is 5.50. The average molecular weight is 263 g/mol. The minimum absolute atomic E-state index is 0.892. The van der Waals surface area contributed by atoms with Crippen molar-refractivity contribution in [2.24, 2.45) is 0 Å². The van der Waals surface area contributed by atoms with E-state index in [4.69, 9.17) is 4.74 Å². The fourth-order valence-electron chi connectivity index (χ4n) is 2.39. The maximum absolute atomic E-state index is 5.35. The van der Waals surface area contributed by atoms with E-state index in [1.165, 1.54) is 24.2 Å². The lowest BCUT2D eigenvalue weighted by atomic mass is 10.2. The molecule has 1 aromatic carbocycles. The smallest absolute Gasteiger partial charge is 0.0594 e. The monoisotopic (exact) mass is 263 g/mol. The van der Waals surface area contributed by atoms with Crippen LogP contribution in [0.2, 0.25) is 0 Å². The van der Waals surface area contributed by atoms with Crippen molar-refractivity contribution in [2.75, 3.05) is 51.8 Å². The normalized spacial score (nSPS) is 16.5. The van der Waals surface area contributed by atoms with Crippen molar-refractivity contribution >= 4 is 5.69 Å². The fraction of sp³-hybridized carbons (Fsp3) is 0.600. The molecule has 1 fully saturated rings. The van der Waals surface area contributed by atoms with Crippen LogP contribution in [-0.2, 0) is 11.3 Å². The first-order valence-electron chi connectivity index (χ1n) is 7.16. The summed E-state index contributed by atoms with van der Waals surface area (Å²) in [6.45, 7) is 7.12. The van der Waals surface area contributed by atoms with Crippen LogP contribution < -0.4 is 10.6 Å². The Bertz CT molecular complexity index is 364. The van der Waals surface area contributed by atoms with Crippen molar-refractivity contribution in [2.45, 2.75) is 13.0 Å². The lowest BCUT2D eigenvalue weighted by molar-refractivity contribution is 0.0374. The Kier molecular flexibility index (Phi) is 6.14. The zero-order valence-electron chi connectivity index (χ0n) is 11.8. The quantitative estimate of drug-likeness (QED) is 0.732. The molecule has 1 saturated heterocycles. The predicted molar refractivity (Wildman–Crippen MR) is 79.6 cm³/mol. The molecule has 0 radical (unpaired) electrons. The summed E-state index contributed by atoms with van der Waals surface area (Å²) in [6.07, 6.45) is 1.20. The molecule has 0 spiro atoms. The van der Waals surface area contributed by atoms with E-state index in [1.54, 1.807) is 0 Å². The van der Waals surface area contributed by atoms with Gasteiger partial charge in [-0.3, -0.25) is 4.90 Å². The van der Waals surface area contributed by atoms with Gasteiger partial charge < -0.3 is 15.4 Å². The van der Waals surface area contributed by atoms with Crippen LogP contribution in [0.25, 0.3) is 0 Å². The van der Waals surface area contributed by atoms with Gasteiger partial charge >= 0.3 is 0 Å². The Morgan fingerprint density at radius 1 is 1.21 bits per heavy atom. The number of rotatable bonds is 7. The third-order valence-electron chi connectivity index (χ3n) is 3.53. The van der Waals surface area contributed by atoms with Gasteiger partial charge in [0.25, 0.3) is 0 Å². The lowest BCUT2D eigenvalue weighted by Crippen LogP contribution is -2.37. The molecule has 0 unspecified atom stereocenters. The van der Waals surface area contributed by atoms with Gasteiger partial charge in [0, 0.05) is 32.4 Å². The molecular formula is C15H25N3O. The number of ether oxygens (including phenoxy) is 1. The highest BCUT2D eigenvalue weighted by Gasteiger charge is 2.08. The number of anilines is 1. The third-order valence-corrected chi connectivity index (χ3v) is 3.53. The molecule has 0 amide bonds. The van der Waals surface area contributed by atoms with E-state index in [0.717, 1.165) is 39.4 Å². The second-order valence-electron chi connectivity index (χ2n) is 4.89. The summed E-state index contributed by atoms with van der Waals surface area (Å²) in [5.74, 6) is 0. The number of morpholine rings is 1. The van der Waals surface area contributed by atoms with Gasteiger partial charge in [0.15, 0.2) is 0 Å². The topological polar surface area (TPSA) is 36.5 Å². The van der Waals surface area contributed by atoms with E-state index < -0.39 is 0 Å². The Morgan fingerprint density at radius 2 is 2.00 bits per heavy atom. The van der Waals surface area contributed by atoms with Crippen molar-refractivity contribution in [1.29, 1.82) is 0 Å². The van der Waals surface area contributed by atoms with Crippen LogP contribution in [0.4, 0.5) is 5.69 Å². The van der Waals surface area contributed by atoms with E-state index in [-0.39, 0.29) is 0 Å². The Labute approximate surface area is 116 Å². The molecule has 1 aliphatic heterocycles. The molecule has 4 nitrogen and oxygen atoms in total. The second kappa shape index (κ2) is 8.15. The molecular weight excluding hydrogens is 238 g/mol. The van der Waals surface area contributed by atoms with Crippen LogP contribution in [0.5, 0.6) is 0 Å². The Balaban J connectivity index is 1.61. The first-order valence-corrected chi connectivity index (χ1v) is 7.16. The molecule has 4 heteroatoms. The Hall–Kier alpha value is -1.10. The largest absolute Gasteiger partial charge is 0.388 e. The molecule has 2 N–H and O–H groups in total. The summed E-state index contributed by atoms with van der Waals surface area (Å²) in [6, 6.07) is 8.44. The number of benzene rings is 1. The van der Waals surface area contributed by atoms with E-state index in [1.807, 2.05) is 7.05 Å². The summed E-state index contributed by atoms with van der Waals surface area (Å²) >= 11 is 0. The number of hydrogen-bond acceptors (Lipinski definition) is 4. The third kappa shape index (κ3) is 4.82. The first-order chi connectivity index (χ1) is 9.40. The van der Waals surface area contributed by atoms with Crippen LogP contribution in [-0.4, -0.2) is 51.3 Å². The molecule has 106 valence electrons. The average Bonchev–Trinajstić information content (AvgIpc) is 2.48. The highest BCUT2D eigenvalue weighted by atomic mass is 16.5. The van der Waals surface area contributed by atoms with Gasteiger partial charge in [-0.25, -0.2) is 0 Å². The predicted octanol–water partition coefficient (Wildman–Crippen LogP) is 1.54. The summed E-state index contributed by atoms with van der Waals surface area (Å²) in [5, 5.41) is 6.74. The van der Waals surface area contributed by atoms with E-state index in [9.17, 15) is 0 Å². The summed E-state index contributed by atoms with van der Waals surface area (Å²) in [7, 11) is 1.97. The lowest BCUT2D eigenvalue weighted by Gasteiger charge is -2.26. The van der Waals surface area contributed by atoms with Gasteiger partial charge in [-0.1, -0.05) is 18.2 Å². The first kappa shape index (κ1) is 14.3. The molecule has 0 aliphatic carbocycles. The van der Waals surface area contributed by atoms with E-state index in [0.29, 0.717) is 0 Å². The molecule has 0 aromatic heterocycles. The van der Waals surface area contributed by atoms with Gasteiger partial charge in [0.2, 0.25) is 0 Å². The molecule has 1 aliphatic rings. The zero-order valence-corrected chi connectivity index (χ0v) is 11.8. The van der Waals surface area contributed by atoms with Gasteiger partial charge in [0.1, 0.15) is 0 Å². The molecule has 1 heterocycles. The minimum Gasteiger partial charge on any atom is -0.388 e. The molecule has 19 heavy (non-hydrogen) atoms. The maximum atomic E-state index is 5.35. The van der Waals surface area contributed by atoms with Crippen LogP contribution >= 0.6 is 0 Å². The van der Waals surface area contributed by atoms with Crippen molar-refractivity contribution in [1.82, 2.24) is 10.2 Å². The van der Waals surface area contributed by atoms with Gasteiger partial charge in [0.05, 0.1) is 13.2 Å². The van der Waals surface area contributed by atoms with Crippen LogP contribution in [0.15, 0.2) is 24.3 Å². The zero-order chi connectivity index (χ0) is 13.3. The summed E-state index contributed by atoms with van der Waals surface area (Å²) < 4.78 is 5.35. The fourth-order valence-corrected chi connectivity index (χ4v) is 2.39. The van der Waals surface area contributed by atoms with Crippen LogP contribution in [0.3, 0.4) is 0 Å². The minimum atomic E-state index is 0.892. The second-order valence-corrected chi connectivity index (χ2v) is 4.89. The molecule has 2 rings (SSSR count). The van der Waals surface area contributed by atoms with Crippen molar-refractivity contribution in [3.05, 3.63) is 29.8 Å². The Morgan fingerprint density at radius 3 is 2.79 bits per heavy atom. The van der Waals surface area contributed by atoms with Crippen LogP contribution in [0, 0.1) is 0 Å². The van der Waals surface area contributed by atoms with Gasteiger partial charge in [-0.15, -0.1) is 0 Å². The molecule has 0 bridgehead atoms. The van der Waals surface area contributed by atoms with Crippen molar-refractivity contribution in [3.63, 3.8) is 0 Å². The summed E-state index contributed by atoms with van der Waals surface area (Å²) in [5.41, 5.74) is 2.54. The standard InChI is InChI=1S/C15H25N3O/c1-16-15-6-3-2-5-14(15)13-17-7-4-8-18-9-11-19-12-10-18/h2-3,5-6,16-17H,4,7-13H2,1H3. The maximum Gasteiger partial charge on any atom is 0.0594 e. The molecule has 0 atom stereocenters. The van der Waals surface area contributed by atoms with E-state index in [2.05, 4.69) is 39.8 Å². The number of nitrogens with zero attached hydrogens (tertiary/aromatic N) is 1. The van der Waals surface area contributed by atoms with Gasteiger partial charge in [-0.2, -0.15) is 0 Å². The van der Waals surface area contributed by atoms with Crippen LogP contribution in [0.1, 0.15) is 12.0 Å². The van der Waals surface area contributed by atoms with E-state index >= 15 is 0 Å². The van der Waals surface area contributed by atoms with Crippen molar-refractivity contribution in [3.8, 4) is 0 Å². The molecule has 0 saturated carbocycles. The highest BCUT2D eigenvalue weighted by Crippen LogP contribution is 2.13. The summed E-state index contributed by atoms with van der Waals surface area (Å²) in [4.78, 5) is 2.48. The number of hydrogen-bond donors (Lipinski definition) is 2. The number of para-hydroxylation sites is 1. The van der Waals surface area contributed by atoms with Gasteiger partial charge in [-0.05, 0) is 31.1 Å².